The lowest BCUT2D eigenvalue weighted by molar-refractivity contribution is -0.137. The smallest absolute Gasteiger partial charge is 0.371 e. The highest BCUT2D eigenvalue weighted by Gasteiger charge is 2.42. The summed E-state index contributed by atoms with van der Waals surface area (Å²) in [6.07, 6.45) is 3.88. The van der Waals surface area contributed by atoms with Gasteiger partial charge in [0.05, 0.1) is 5.56 Å². The van der Waals surface area contributed by atoms with Crippen LogP contribution in [0.3, 0.4) is 0 Å². The predicted molar refractivity (Wildman–Crippen MR) is 132 cm³/mol. The zero-order chi connectivity index (χ0) is 24.9. The van der Waals surface area contributed by atoms with Crippen LogP contribution >= 0.6 is 0 Å². The number of anilines is 1. The number of hydrogen-bond acceptors (Lipinski definition) is 4. The third kappa shape index (κ3) is 4.50. The maximum atomic E-state index is 13.1. The first-order valence-corrected chi connectivity index (χ1v) is 13.1. The van der Waals surface area contributed by atoms with Crippen LogP contribution in [0.1, 0.15) is 66.5 Å². The second-order valence-corrected chi connectivity index (χ2v) is 10.8. The van der Waals surface area contributed by atoms with Crippen molar-refractivity contribution in [2.45, 2.75) is 64.1 Å². The molecule has 1 aromatic carbocycles. The Labute approximate surface area is 209 Å². The monoisotopic (exact) mass is 495 g/mol. The van der Waals surface area contributed by atoms with Crippen LogP contribution in [0.5, 0.6) is 0 Å². The van der Waals surface area contributed by atoms with Crippen molar-refractivity contribution >= 4 is 5.69 Å². The zero-order valence-electron chi connectivity index (χ0n) is 20.6. The molecule has 4 heterocycles. The number of aromatic nitrogens is 4. The number of benzene rings is 1. The van der Waals surface area contributed by atoms with Gasteiger partial charge < -0.3 is 4.90 Å². The van der Waals surface area contributed by atoms with E-state index in [2.05, 4.69) is 22.0 Å². The quantitative estimate of drug-likeness (QED) is 0.444. The molecule has 1 saturated carbocycles. The summed E-state index contributed by atoms with van der Waals surface area (Å²) in [6, 6.07) is 9.91. The maximum absolute atomic E-state index is 13.1. The standard InChI is InChI=1S/C28H32F3N5/c1-18-14-23(11-12-32-18)35-16-20-5-6-21(17-35)25(20)15-26-33-27-24(4-2-3-13-36(27)34-26)19-7-9-22(10-8-19)28(29,30)31/h7-12,14,20-21,24-25H,2-6,13,15-17H2,1H3/t20-,21+,24?,25?. The van der Waals surface area contributed by atoms with E-state index in [0.29, 0.717) is 17.8 Å². The van der Waals surface area contributed by atoms with Crippen molar-refractivity contribution < 1.29 is 13.2 Å². The van der Waals surface area contributed by atoms with E-state index >= 15 is 0 Å². The van der Waals surface area contributed by atoms with E-state index in [1.807, 2.05) is 17.8 Å². The van der Waals surface area contributed by atoms with E-state index in [4.69, 9.17) is 10.1 Å². The average molecular weight is 496 g/mol. The molecule has 0 amide bonds. The molecule has 0 radical (unpaired) electrons. The Bertz CT molecular complexity index is 1200. The lowest BCUT2D eigenvalue weighted by Crippen LogP contribution is -2.42. The molecule has 2 unspecified atom stereocenters. The van der Waals surface area contributed by atoms with Gasteiger partial charge in [0.2, 0.25) is 0 Å². The molecule has 2 aliphatic heterocycles. The summed E-state index contributed by atoms with van der Waals surface area (Å²) in [7, 11) is 0. The van der Waals surface area contributed by atoms with Gasteiger partial charge in [-0.3, -0.25) is 4.98 Å². The number of aryl methyl sites for hydroxylation is 2. The lowest BCUT2D eigenvalue weighted by atomic mass is 9.82. The van der Waals surface area contributed by atoms with E-state index in [9.17, 15) is 13.2 Å². The van der Waals surface area contributed by atoms with Gasteiger partial charge in [-0.15, -0.1) is 0 Å². The normalized spacial score (nSPS) is 26.1. The SMILES string of the molecule is Cc1cc(N2C[C@H]3CC[C@@H](C2)C3Cc2nc3n(n2)CCCCC3c2ccc(C(F)(F)F)cc2)ccn1. The number of fused-ring (bicyclic) bond motifs is 3. The first-order chi connectivity index (χ1) is 17.3. The molecule has 2 bridgehead atoms. The number of pyridine rings is 1. The lowest BCUT2D eigenvalue weighted by Gasteiger charge is -2.39. The van der Waals surface area contributed by atoms with Crippen LogP contribution in [-0.4, -0.2) is 32.8 Å². The predicted octanol–water partition coefficient (Wildman–Crippen LogP) is 6.02. The van der Waals surface area contributed by atoms with Crippen LogP contribution in [0.25, 0.3) is 0 Å². The number of piperidine rings is 1. The van der Waals surface area contributed by atoms with Crippen molar-refractivity contribution in [3.63, 3.8) is 0 Å². The van der Waals surface area contributed by atoms with Crippen molar-refractivity contribution in [2.75, 3.05) is 18.0 Å². The number of rotatable bonds is 4. The molecule has 4 atom stereocenters. The van der Waals surface area contributed by atoms with E-state index in [0.717, 1.165) is 68.2 Å². The fourth-order valence-corrected chi connectivity index (χ4v) is 6.69. The van der Waals surface area contributed by atoms with E-state index in [-0.39, 0.29) is 5.92 Å². The Hall–Kier alpha value is -2.90. The van der Waals surface area contributed by atoms with Crippen LogP contribution < -0.4 is 4.90 Å². The molecule has 8 heteroatoms. The summed E-state index contributed by atoms with van der Waals surface area (Å²) in [5, 5.41) is 4.93. The Morgan fingerprint density at radius 3 is 2.42 bits per heavy atom. The second-order valence-electron chi connectivity index (χ2n) is 10.8. The number of alkyl halides is 3. The second kappa shape index (κ2) is 9.20. The molecular weight excluding hydrogens is 463 g/mol. The third-order valence-electron chi connectivity index (χ3n) is 8.50. The number of halogens is 3. The molecule has 1 aliphatic carbocycles. The first-order valence-electron chi connectivity index (χ1n) is 13.1. The first kappa shape index (κ1) is 23.5. The maximum Gasteiger partial charge on any atom is 0.416 e. The summed E-state index contributed by atoms with van der Waals surface area (Å²) in [4.78, 5) is 11.9. The van der Waals surface area contributed by atoms with E-state index in [1.165, 1.54) is 30.7 Å². The highest BCUT2D eigenvalue weighted by atomic mass is 19.4. The highest BCUT2D eigenvalue weighted by Crippen LogP contribution is 2.45. The molecule has 36 heavy (non-hydrogen) atoms. The van der Waals surface area contributed by atoms with Gasteiger partial charge in [-0.1, -0.05) is 18.6 Å². The third-order valence-corrected chi connectivity index (χ3v) is 8.50. The van der Waals surface area contributed by atoms with Gasteiger partial charge in [0.25, 0.3) is 0 Å². The van der Waals surface area contributed by atoms with Gasteiger partial charge in [0, 0.05) is 49.6 Å². The molecule has 190 valence electrons. The van der Waals surface area contributed by atoms with Crippen LogP contribution in [0, 0.1) is 24.7 Å². The molecule has 2 fully saturated rings. The van der Waals surface area contributed by atoms with Crippen molar-refractivity contribution in [3.05, 3.63) is 71.1 Å². The minimum Gasteiger partial charge on any atom is -0.371 e. The fraction of sp³-hybridized carbons (Fsp3) is 0.536. The van der Waals surface area contributed by atoms with Crippen LogP contribution in [0.15, 0.2) is 42.6 Å². The molecular formula is C28H32F3N5. The Balaban J connectivity index is 1.20. The van der Waals surface area contributed by atoms with Gasteiger partial charge in [-0.05, 0) is 80.2 Å². The van der Waals surface area contributed by atoms with Gasteiger partial charge in [-0.2, -0.15) is 18.3 Å². The van der Waals surface area contributed by atoms with Crippen molar-refractivity contribution in [2.24, 2.45) is 17.8 Å². The van der Waals surface area contributed by atoms with Crippen molar-refractivity contribution in [1.82, 2.24) is 19.7 Å². The Morgan fingerprint density at radius 1 is 0.972 bits per heavy atom. The summed E-state index contributed by atoms with van der Waals surface area (Å²) >= 11 is 0. The number of nitrogens with zero attached hydrogens (tertiary/aromatic N) is 5. The zero-order valence-corrected chi connectivity index (χ0v) is 20.6. The summed E-state index contributed by atoms with van der Waals surface area (Å²) < 4.78 is 41.2. The Morgan fingerprint density at radius 2 is 1.72 bits per heavy atom. The fourth-order valence-electron chi connectivity index (χ4n) is 6.69. The largest absolute Gasteiger partial charge is 0.416 e. The van der Waals surface area contributed by atoms with Gasteiger partial charge >= 0.3 is 6.18 Å². The van der Waals surface area contributed by atoms with Crippen molar-refractivity contribution in [1.29, 1.82) is 0 Å². The molecule has 3 aliphatic rings. The molecule has 6 rings (SSSR count). The summed E-state index contributed by atoms with van der Waals surface area (Å²) in [6.45, 7) is 4.99. The van der Waals surface area contributed by atoms with Gasteiger partial charge in [0.1, 0.15) is 5.82 Å². The minimum atomic E-state index is -4.32. The summed E-state index contributed by atoms with van der Waals surface area (Å²) in [5.41, 5.74) is 2.61. The highest BCUT2D eigenvalue weighted by molar-refractivity contribution is 5.47. The topological polar surface area (TPSA) is 46.8 Å². The van der Waals surface area contributed by atoms with E-state index < -0.39 is 11.7 Å². The Kier molecular flexibility index (Phi) is 6.00. The van der Waals surface area contributed by atoms with Gasteiger partial charge in [0.15, 0.2) is 5.82 Å². The number of hydrogen-bond donors (Lipinski definition) is 0. The molecule has 3 aromatic rings. The van der Waals surface area contributed by atoms with Crippen LogP contribution in [-0.2, 0) is 19.1 Å². The molecule has 0 spiro atoms. The average Bonchev–Trinajstić information content (AvgIpc) is 3.25. The van der Waals surface area contributed by atoms with Crippen molar-refractivity contribution in [3.8, 4) is 0 Å². The van der Waals surface area contributed by atoms with Crippen LogP contribution in [0.2, 0.25) is 0 Å². The van der Waals surface area contributed by atoms with Gasteiger partial charge in [-0.25, -0.2) is 9.67 Å². The molecule has 1 saturated heterocycles. The summed E-state index contributed by atoms with van der Waals surface area (Å²) in [5.74, 6) is 3.65. The molecule has 5 nitrogen and oxygen atoms in total. The minimum absolute atomic E-state index is 0.00969. The van der Waals surface area contributed by atoms with Crippen LogP contribution in [0.4, 0.5) is 18.9 Å². The molecule has 2 aromatic heterocycles. The molecule has 0 N–H and O–H groups in total. The van der Waals surface area contributed by atoms with E-state index in [1.54, 1.807) is 12.1 Å².